The summed E-state index contributed by atoms with van der Waals surface area (Å²) in [6.45, 7) is 14.9. The van der Waals surface area contributed by atoms with Gasteiger partial charge in [0.2, 0.25) is 0 Å². The second-order valence-electron chi connectivity index (χ2n) is 16.8. The van der Waals surface area contributed by atoms with E-state index in [1.165, 1.54) is 12.1 Å². The van der Waals surface area contributed by atoms with Gasteiger partial charge in [0.05, 0.1) is 0 Å². The molecule has 0 unspecified atom stereocenters. The topological polar surface area (TPSA) is 46.4 Å². The molecule has 9 aromatic rings. The number of aryl methyl sites for hydroxylation is 2. The molecule has 0 N–H and O–H groups in total. The number of rotatable bonds is 9. The number of pyridine rings is 2. The van der Waals surface area contributed by atoms with Crippen LogP contribution in [0.15, 0.2) is 140 Å². The molecule has 1 aliphatic rings. The number of nitrogens with zero attached hydrogens (tertiary/aromatic N) is 5. The first-order valence-electron chi connectivity index (χ1n) is 21.2. The minimum atomic E-state index is -0.603. The van der Waals surface area contributed by atoms with Crippen LogP contribution in [-0.2, 0) is 21.1 Å². The zero-order valence-corrected chi connectivity index (χ0v) is 38.5. The van der Waals surface area contributed by atoms with Crippen molar-refractivity contribution in [3.63, 3.8) is 0 Å². The van der Waals surface area contributed by atoms with Crippen molar-refractivity contribution >= 4 is 44.6 Å². The van der Waals surface area contributed by atoms with Gasteiger partial charge in [0.15, 0.2) is 0 Å². The van der Waals surface area contributed by atoms with Gasteiger partial charge in [-0.2, -0.15) is 6.07 Å². The molecule has 4 heterocycles. The predicted molar refractivity (Wildman–Crippen MR) is 250 cm³/mol. The summed E-state index contributed by atoms with van der Waals surface area (Å²) in [4.78, 5) is 13.6. The second-order valence-corrected chi connectivity index (χ2v) is 16.8. The minimum Gasteiger partial charge on any atom is -0.509 e. The SMILES string of the molecule is Cc1cncc(C)c1-c1cc(Oc2[c-]c3c(cc2)c2ccccc2n3-c2ccccn2)[c-]c(N2[CH-]N(c3c(C(C)C)cc(-c4cc(F)cc(F)c4)cc3C(C)C)c3ccccc32)c1.[Pt]. The van der Waals surface area contributed by atoms with E-state index < -0.39 is 11.6 Å². The van der Waals surface area contributed by atoms with E-state index >= 15 is 0 Å². The van der Waals surface area contributed by atoms with Gasteiger partial charge < -0.3 is 19.1 Å². The molecule has 3 aromatic heterocycles. The molecular weight excluding hydrogens is 980 g/mol. The summed E-state index contributed by atoms with van der Waals surface area (Å²) in [6.07, 6.45) is 5.58. The third-order valence-electron chi connectivity index (χ3n) is 11.8. The van der Waals surface area contributed by atoms with Crippen molar-refractivity contribution in [3.05, 3.63) is 193 Å². The van der Waals surface area contributed by atoms with Crippen molar-refractivity contribution in [2.24, 2.45) is 0 Å². The largest absolute Gasteiger partial charge is 0.509 e. The Hall–Kier alpha value is -6.63. The number of anilines is 4. The summed E-state index contributed by atoms with van der Waals surface area (Å²) in [5.74, 6) is 0.825. The number of hydrogen-bond donors (Lipinski definition) is 0. The Morgan fingerprint density at radius 1 is 0.625 bits per heavy atom. The van der Waals surface area contributed by atoms with Crippen molar-refractivity contribution in [2.45, 2.75) is 53.4 Å². The molecule has 0 saturated carbocycles. The van der Waals surface area contributed by atoms with Gasteiger partial charge in [-0.25, -0.2) is 13.8 Å². The van der Waals surface area contributed by atoms with Crippen molar-refractivity contribution in [3.8, 4) is 39.6 Å². The molecule has 9 heteroatoms. The molecule has 0 radical (unpaired) electrons. The number of hydrogen-bond acceptors (Lipinski definition) is 5. The number of aromatic nitrogens is 3. The van der Waals surface area contributed by atoms with Crippen LogP contribution in [0.5, 0.6) is 11.5 Å². The van der Waals surface area contributed by atoms with Crippen molar-refractivity contribution in [1.82, 2.24) is 14.5 Å². The molecule has 322 valence electrons. The van der Waals surface area contributed by atoms with E-state index in [2.05, 4.69) is 128 Å². The summed E-state index contributed by atoms with van der Waals surface area (Å²) in [6, 6.07) is 45.9. The Bertz CT molecular complexity index is 3150. The third kappa shape index (κ3) is 7.64. The van der Waals surface area contributed by atoms with Gasteiger partial charge >= 0.3 is 0 Å². The average Bonchev–Trinajstić information content (AvgIpc) is 3.82. The molecule has 0 saturated heterocycles. The molecule has 0 amide bonds. The van der Waals surface area contributed by atoms with Gasteiger partial charge in [-0.15, -0.1) is 53.6 Å². The van der Waals surface area contributed by atoms with Crippen molar-refractivity contribution in [2.75, 3.05) is 9.80 Å². The number of ether oxygens (including phenoxy) is 1. The van der Waals surface area contributed by atoms with Crippen LogP contribution >= 0.6 is 0 Å². The molecule has 0 bridgehead atoms. The Labute approximate surface area is 387 Å². The van der Waals surface area contributed by atoms with Crippen molar-refractivity contribution < 1.29 is 34.6 Å². The van der Waals surface area contributed by atoms with Crippen molar-refractivity contribution in [1.29, 1.82) is 0 Å². The maximum absolute atomic E-state index is 14.6. The number of halogens is 2. The van der Waals surface area contributed by atoms with Gasteiger partial charge in [-0.05, 0) is 125 Å². The van der Waals surface area contributed by atoms with Crippen LogP contribution in [0.2, 0.25) is 0 Å². The van der Waals surface area contributed by atoms with Gasteiger partial charge in [0.1, 0.15) is 17.5 Å². The smallest absolute Gasteiger partial charge is 0.135 e. The fraction of sp³-hybridized carbons (Fsp3) is 0.145. The number of fused-ring (bicyclic) bond motifs is 4. The van der Waals surface area contributed by atoms with Crippen LogP contribution in [0, 0.1) is 44.3 Å². The summed E-state index contributed by atoms with van der Waals surface area (Å²) >= 11 is 0. The molecule has 0 spiro atoms. The Morgan fingerprint density at radius 3 is 1.94 bits per heavy atom. The molecule has 6 nitrogen and oxygen atoms in total. The summed E-state index contributed by atoms with van der Waals surface area (Å²) in [5, 5.41) is 2.15. The Balaban J connectivity index is 0.00000518. The van der Waals surface area contributed by atoms with E-state index in [-0.39, 0.29) is 32.9 Å². The summed E-state index contributed by atoms with van der Waals surface area (Å²) in [5.41, 5.74) is 13.2. The first-order chi connectivity index (χ1) is 30.5. The quantitative estimate of drug-likeness (QED) is 0.135. The third-order valence-corrected chi connectivity index (χ3v) is 11.8. The molecular formula is C55H44F2N5OPt-3. The maximum atomic E-state index is 14.6. The monoisotopic (exact) mass is 1020 g/mol. The molecule has 64 heavy (non-hydrogen) atoms. The summed E-state index contributed by atoms with van der Waals surface area (Å²) in [7, 11) is 0. The fourth-order valence-corrected chi connectivity index (χ4v) is 9.00. The molecule has 0 fully saturated rings. The molecule has 10 rings (SSSR count). The maximum Gasteiger partial charge on any atom is 0.135 e. The Morgan fingerprint density at radius 2 is 1.27 bits per heavy atom. The van der Waals surface area contributed by atoms with Crippen LogP contribution in [0.25, 0.3) is 49.9 Å². The Kier molecular flexibility index (Phi) is 11.4. The van der Waals surface area contributed by atoms with E-state index in [0.29, 0.717) is 17.1 Å². The van der Waals surface area contributed by atoms with Gasteiger partial charge in [0, 0.05) is 79.8 Å². The van der Waals surface area contributed by atoms with Crippen LogP contribution < -0.4 is 14.5 Å². The van der Waals surface area contributed by atoms with E-state index in [4.69, 9.17) is 9.72 Å². The van der Waals surface area contributed by atoms with Crippen LogP contribution in [-0.4, -0.2) is 14.5 Å². The fourth-order valence-electron chi connectivity index (χ4n) is 9.00. The van der Waals surface area contributed by atoms with Crippen LogP contribution in [0.3, 0.4) is 0 Å². The zero-order valence-electron chi connectivity index (χ0n) is 36.2. The normalized spacial score (nSPS) is 12.4. The molecule has 0 aliphatic carbocycles. The molecule has 6 aromatic carbocycles. The van der Waals surface area contributed by atoms with Gasteiger partial charge in [-0.1, -0.05) is 69.6 Å². The first-order valence-corrected chi connectivity index (χ1v) is 21.2. The summed E-state index contributed by atoms with van der Waals surface area (Å²) < 4.78 is 38.1. The second kappa shape index (κ2) is 17.2. The average molecular weight is 1020 g/mol. The number of benzene rings is 6. The van der Waals surface area contributed by atoms with Gasteiger partial charge in [-0.3, -0.25) is 4.98 Å². The zero-order chi connectivity index (χ0) is 43.5. The van der Waals surface area contributed by atoms with Gasteiger partial charge in [0.25, 0.3) is 0 Å². The standard InChI is InChI=1S/C55H44F2N5O.Pt/c1-33(2)47-25-38(37-21-40(56)27-41(57)22-37)26-48(34(3)4)55(47)61-32-60(50-15-9-10-16-51(50)61)42-23-39(54-35(5)30-58-31-36(54)6)24-44(28-42)63-43-18-19-46-45-13-7-8-14-49(45)62(52(46)29-43)53-17-11-12-20-59-53;/h7-27,30-34H,1-6H3;/q-3;. The van der Waals surface area contributed by atoms with Crippen LogP contribution in [0.1, 0.15) is 61.8 Å². The van der Waals surface area contributed by atoms with E-state index in [1.807, 2.05) is 67.0 Å². The molecule has 1 aliphatic heterocycles. The predicted octanol–water partition coefficient (Wildman–Crippen LogP) is 14.8. The first kappa shape index (κ1) is 42.7. The number of para-hydroxylation sites is 3. The van der Waals surface area contributed by atoms with Crippen LogP contribution in [0.4, 0.5) is 31.5 Å². The van der Waals surface area contributed by atoms with E-state index in [0.717, 1.165) is 95.4 Å². The molecule has 0 atom stereocenters. The minimum absolute atomic E-state index is 0. The van der Waals surface area contributed by atoms with E-state index in [1.54, 1.807) is 6.20 Å². The van der Waals surface area contributed by atoms with E-state index in [9.17, 15) is 8.78 Å².